The Balaban J connectivity index is 1.91. The predicted octanol–water partition coefficient (Wildman–Crippen LogP) is 3.65. The second-order valence-corrected chi connectivity index (χ2v) is 5.16. The van der Waals surface area contributed by atoms with Gasteiger partial charge in [0, 0.05) is 24.2 Å². The summed E-state index contributed by atoms with van der Waals surface area (Å²) in [6.45, 7) is 3.14. The van der Waals surface area contributed by atoms with Crippen LogP contribution in [0.3, 0.4) is 0 Å². The van der Waals surface area contributed by atoms with Crippen molar-refractivity contribution in [3.8, 4) is 5.75 Å². The highest BCUT2D eigenvalue weighted by Crippen LogP contribution is 2.25. The molecule has 0 aliphatic heterocycles. The fourth-order valence-electron chi connectivity index (χ4n) is 2.57. The molecule has 0 heterocycles. The van der Waals surface area contributed by atoms with Crippen molar-refractivity contribution in [2.75, 3.05) is 6.54 Å². The largest absolute Gasteiger partial charge is 0.490 e. The molecule has 0 spiro atoms. The van der Waals surface area contributed by atoms with E-state index in [2.05, 4.69) is 12.2 Å². The van der Waals surface area contributed by atoms with E-state index >= 15 is 0 Å². The van der Waals surface area contributed by atoms with Gasteiger partial charge in [-0.1, -0.05) is 6.92 Å². The smallest absolute Gasteiger partial charge is 0.129 e. The SMILES string of the molecule is CCCNC1CCCC(Oc2cc(F)cc(F)c2)C1. The van der Waals surface area contributed by atoms with E-state index < -0.39 is 11.6 Å². The lowest BCUT2D eigenvalue weighted by Gasteiger charge is -2.30. The second-order valence-electron chi connectivity index (χ2n) is 5.16. The Bertz CT molecular complexity index is 391. The van der Waals surface area contributed by atoms with Gasteiger partial charge in [0.2, 0.25) is 0 Å². The first-order chi connectivity index (χ1) is 9.17. The van der Waals surface area contributed by atoms with Crippen LogP contribution in [0, 0.1) is 11.6 Å². The third kappa shape index (κ3) is 4.46. The van der Waals surface area contributed by atoms with Crippen LogP contribution in [0.5, 0.6) is 5.75 Å². The van der Waals surface area contributed by atoms with Gasteiger partial charge in [-0.15, -0.1) is 0 Å². The Morgan fingerprint density at radius 1 is 1.21 bits per heavy atom. The van der Waals surface area contributed by atoms with Gasteiger partial charge in [0.1, 0.15) is 23.5 Å². The maximum Gasteiger partial charge on any atom is 0.129 e. The van der Waals surface area contributed by atoms with E-state index in [1.807, 2.05) is 0 Å². The van der Waals surface area contributed by atoms with Crippen LogP contribution >= 0.6 is 0 Å². The standard InChI is InChI=1S/C15H21F2NO/c1-2-6-18-13-4-3-5-14(10-13)19-15-8-11(16)7-12(17)9-15/h7-9,13-14,18H,2-6,10H2,1H3. The molecule has 1 saturated carbocycles. The first-order valence-corrected chi connectivity index (χ1v) is 7.03. The van der Waals surface area contributed by atoms with E-state index in [-0.39, 0.29) is 6.10 Å². The summed E-state index contributed by atoms with van der Waals surface area (Å²) >= 11 is 0. The lowest BCUT2D eigenvalue weighted by molar-refractivity contribution is 0.134. The number of nitrogens with one attached hydrogen (secondary N) is 1. The quantitative estimate of drug-likeness (QED) is 0.881. The van der Waals surface area contributed by atoms with E-state index in [1.165, 1.54) is 12.1 Å². The zero-order valence-electron chi connectivity index (χ0n) is 11.3. The van der Waals surface area contributed by atoms with E-state index in [0.717, 1.165) is 44.7 Å². The van der Waals surface area contributed by atoms with Crippen molar-refractivity contribution in [3.05, 3.63) is 29.8 Å². The van der Waals surface area contributed by atoms with Crippen LogP contribution < -0.4 is 10.1 Å². The average Bonchev–Trinajstić information content (AvgIpc) is 2.35. The fraction of sp³-hybridized carbons (Fsp3) is 0.600. The number of halogens is 2. The Morgan fingerprint density at radius 2 is 1.95 bits per heavy atom. The number of rotatable bonds is 5. The first kappa shape index (κ1) is 14.3. The normalized spacial score (nSPS) is 23.3. The van der Waals surface area contributed by atoms with E-state index in [0.29, 0.717) is 11.8 Å². The topological polar surface area (TPSA) is 21.3 Å². The Hall–Kier alpha value is -1.16. The van der Waals surface area contributed by atoms with Crippen LogP contribution in [-0.4, -0.2) is 18.7 Å². The zero-order valence-corrected chi connectivity index (χ0v) is 11.3. The predicted molar refractivity (Wildman–Crippen MR) is 71.3 cm³/mol. The van der Waals surface area contributed by atoms with Gasteiger partial charge >= 0.3 is 0 Å². The fourth-order valence-corrected chi connectivity index (χ4v) is 2.57. The molecule has 1 fully saturated rings. The molecule has 1 aromatic rings. The zero-order chi connectivity index (χ0) is 13.7. The van der Waals surface area contributed by atoms with Crippen molar-refractivity contribution in [3.63, 3.8) is 0 Å². The molecule has 1 aliphatic carbocycles. The van der Waals surface area contributed by atoms with Crippen LogP contribution in [0.15, 0.2) is 18.2 Å². The summed E-state index contributed by atoms with van der Waals surface area (Å²) in [6, 6.07) is 3.80. The van der Waals surface area contributed by atoms with Gasteiger partial charge in [-0.3, -0.25) is 0 Å². The van der Waals surface area contributed by atoms with Gasteiger partial charge in [-0.25, -0.2) is 8.78 Å². The summed E-state index contributed by atoms with van der Waals surface area (Å²) in [4.78, 5) is 0. The molecule has 0 bridgehead atoms. The number of benzene rings is 1. The van der Waals surface area contributed by atoms with Gasteiger partial charge in [0.25, 0.3) is 0 Å². The highest BCUT2D eigenvalue weighted by Gasteiger charge is 2.23. The highest BCUT2D eigenvalue weighted by atomic mass is 19.1. The lowest BCUT2D eigenvalue weighted by Crippen LogP contribution is -2.38. The van der Waals surface area contributed by atoms with E-state index in [4.69, 9.17) is 4.74 Å². The highest BCUT2D eigenvalue weighted by molar-refractivity contribution is 5.24. The van der Waals surface area contributed by atoms with Gasteiger partial charge < -0.3 is 10.1 Å². The van der Waals surface area contributed by atoms with Gasteiger partial charge in [-0.05, 0) is 38.6 Å². The lowest BCUT2D eigenvalue weighted by atomic mass is 9.92. The molecule has 1 aromatic carbocycles. The third-order valence-electron chi connectivity index (χ3n) is 3.45. The summed E-state index contributed by atoms with van der Waals surface area (Å²) in [7, 11) is 0. The molecule has 2 nitrogen and oxygen atoms in total. The molecule has 106 valence electrons. The summed E-state index contributed by atoms with van der Waals surface area (Å²) in [5, 5.41) is 3.48. The molecule has 0 amide bonds. The van der Waals surface area contributed by atoms with Crippen molar-refractivity contribution in [1.29, 1.82) is 0 Å². The van der Waals surface area contributed by atoms with E-state index in [1.54, 1.807) is 0 Å². The minimum Gasteiger partial charge on any atom is -0.490 e. The first-order valence-electron chi connectivity index (χ1n) is 7.03. The molecule has 2 rings (SSSR count). The summed E-state index contributed by atoms with van der Waals surface area (Å²) in [6.07, 6.45) is 5.24. The second kappa shape index (κ2) is 6.85. The van der Waals surface area contributed by atoms with Crippen LogP contribution in [0.2, 0.25) is 0 Å². The molecule has 19 heavy (non-hydrogen) atoms. The van der Waals surface area contributed by atoms with Crippen molar-refractivity contribution in [2.24, 2.45) is 0 Å². The molecule has 2 unspecified atom stereocenters. The molecule has 0 radical (unpaired) electrons. The van der Waals surface area contributed by atoms with Crippen molar-refractivity contribution in [2.45, 2.75) is 51.2 Å². The molecule has 4 heteroatoms. The van der Waals surface area contributed by atoms with Crippen molar-refractivity contribution in [1.82, 2.24) is 5.32 Å². The molecule has 0 saturated heterocycles. The van der Waals surface area contributed by atoms with Crippen molar-refractivity contribution >= 4 is 0 Å². The van der Waals surface area contributed by atoms with Crippen molar-refractivity contribution < 1.29 is 13.5 Å². The maximum absolute atomic E-state index is 13.1. The minimum atomic E-state index is -0.591. The summed E-state index contributed by atoms with van der Waals surface area (Å²) in [5.41, 5.74) is 0. The number of hydrogen-bond acceptors (Lipinski definition) is 2. The molecular weight excluding hydrogens is 248 g/mol. The number of ether oxygens (including phenoxy) is 1. The average molecular weight is 269 g/mol. The van der Waals surface area contributed by atoms with Gasteiger partial charge in [0.05, 0.1) is 0 Å². The van der Waals surface area contributed by atoms with Crippen LogP contribution in [-0.2, 0) is 0 Å². The summed E-state index contributed by atoms with van der Waals surface area (Å²) < 4.78 is 31.9. The number of hydrogen-bond donors (Lipinski definition) is 1. The third-order valence-corrected chi connectivity index (χ3v) is 3.45. The Labute approximate surface area is 113 Å². The van der Waals surface area contributed by atoms with Crippen LogP contribution in [0.4, 0.5) is 8.78 Å². The maximum atomic E-state index is 13.1. The van der Waals surface area contributed by atoms with Crippen LogP contribution in [0.1, 0.15) is 39.0 Å². The van der Waals surface area contributed by atoms with Gasteiger partial charge in [-0.2, -0.15) is 0 Å². The van der Waals surface area contributed by atoms with Gasteiger partial charge in [0.15, 0.2) is 0 Å². The monoisotopic (exact) mass is 269 g/mol. The minimum absolute atomic E-state index is 0.0457. The Kier molecular flexibility index (Phi) is 5.14. The Morgan fingerprint density at radius 3 is 2.63 bits per heavy atom. The van der Waals surface area contributed by atoms with Crippen LogP contribution in [0.25, 0.3) is 0 Å². The molecular formula is C15H21F2NO. The van der Waals surface area contributed by atoms with E-state index in [9.17, 15) is 8.78 Å². The molecule has 0 aromatic heterocycles. The molecule has 2 atom stereocenters. The molecule has 1 N–H and O–H groups in total. The molecule has 1 aliphatic rings. The summed E-state index contributed by atoms with van der Waals surface area (Å²) in [5.74, 6) is -0.892.